The second-order valence-electron chi connectivity index (χ2n) is 3.44. The fourth-order valence-corrected chi connectivity index (χ4v) is 1.79. The lowest BCUT2D eigenvalue weighted by Crippen LogP contribution is -1.88. The summed E-state index contributed by atoms with van der Waals surface area (Å²) in [4.78, 5) is 1.37. The molecule has 0 saturated carbocycles. The molecule has 0 atom stereocenters. The predicted molar refractivity (Wildman–Crippen MR) is 57.0 cm³/mol. The zero-order valence-electron chi connectivity index (χ0n) is 8.22. The minimum Gasteiger partial charge on any atom is -0.130 e. The van der Waals surface area contributed by atoms with Crippen molar-refractivity contribution in [1.82, 2.24) is 0 Å². The van der Waals surface area contributed by atoms with Gasteiger partial charge in [0.25, 0.3) is 0 Å². The fraction of sp³-hybridized carbons (Fsp3) is 0.455. The van der Waals surface area contributed by atoms with E-state index in [0.717, 1.165) is 0 Å². The molecule has 0 saturated heterocycles. The molecular weight excluding hydrogens is 164 g/mol. The van der Waals surface area contributed by atoms with Crippen molar-refractivity contribution < 1.29 is 0 Å². The maximum absolute atomic E-state index is 2.28. The molecule has 1 aromatic carbocycles. The first kappa shape index (κ1) is 9.66. The lowest BCUT2D eigenvalue weighted by Gasteiger charge is -2.08. The highest BCUT2D eigenvalue weighted by Gasteiger charge is 2.01. The molecule has 0 spiro atoms. The third kappa shape index (κ3) is 2.28. The second-order valence-corrected chi connectivity index (χ2v) is 4.32. The molecule has 0 nitrogen and oxygen atoms in total. The van der Waals surface area contributed by atoms with E-state index in [1.165, 1.54) is 16.0 Å². The van der Waals surface area contributed by atoms with Crippen LogP contribution < -0.4 is 0 Å². The van der Waals surface area contributed by atoms with Crippen LogP contribution in [0.1, 0.15) is 30.9 Å². The number of hydrogen-bond donors (Lipinski definition) is 0. The summed E-state index contributed by atoms with van der Waals surface area (Å²) in [5, 5.41) is 0. The normalized spacial score (nSPS) is 10.8. The van der Waals surface area contributed by atoms with Crippen LogP contribution in [-0.4, -0.2) is 6.26 Å². The van der Waals surface area contributed by atoms with Gasteiger partial charge in [-0.3, -0.25) is 0 Å². The Hall–Kier alpha value is -0.430. The quantitative estimate of drug-likeness (QED) is 0.623. The van der Waals surface area contributed by atoms with E-state index in [1.54, 1.807) is 0 Å². The highest BCUT2D eigenvalue weighted by Crippen LogP contribution is 2.23. The van der Waals surface area contributed by atoms with Gasteiger partial charge in [0, 0.05) is 4.90 Å². The first-order chi connectivity index (χ1) is 5.63. The average Bonchev–Trinajstić information content (AvgIpc) is 2.03. The van der Waals surface area contributed by atoms with Gasteiger partial charge in [0.05, 0.1) is 0 Å². The largest absolute Gasteiger partial charge is 0.130 e. The van der Waals surface area contributed by atoms with Gasteiger partial charge in [-0.05, 0) is 42.4 Å². The van der Waals surface area contributed by atoms with Crippen LogP contribution in [0.2, 0.25) is 0 Å². The maximum atomic E-state index is 2.28. The highest BCUT2D eigenvalue weighted by molar-refractivity contribution is 7.98. The number of hydrogen-bond acceptors (Lipinski definition) is 1. The standard InChI is InChI=1S/C11H16S/c1-8(2)10-5-9(3)6-11(7-10)12-4/h5-8H,1-4H3. The summed E-state index contributed by atoms with van der Waals surface area (Å²) in [6.07, 6.45) is 2.12. The zero-order valence-corrected chi connectivity index (χ0v) is 9.03. The van der Waals surface area contributed by atoms with Crippen LogP contribution >= 0.6 is 11.8 Å². The molecule has 1 aromatic rings. The minimum absolute atomic E-state index is 0.635. The van der Waals surface area contributed by atoms with Crippen LogP contribution in [-0.2, 0) is 0 Å². The number of rotatable bonds is 2. The molecule has 1 heteroatoms. The van der Waals surface area contributed by atoms with E-state index in [9.17, 15) is 0 Å². The van der Waals surface area contributed by atoms with Crippen molar-refractivity contribution in [2.45, 2.75) is 31.6 Å². The number of benzene rings is 1. The van der Waals surface area contributed by atoms with E-state index in [1.807, 2.05) is 11.8 Å². The third-order valence-corrected chi connectivity index (χ3v) is 2.68. The van der Waals surface area contributed by atoms with Gasteiger partial charge in [0.1, 0.15) is 0 Å². The van der Waals surface area contributed by atoms with Gasteiger partial charge < -0.3 is 0 Å². The molecule has 0 N–H and O–H groups in total. The summed E-state index contributed by atoms with van der Waals surface area (Å²) >= 11 is 1.81. The molecule has 0 radical (unpaired) electrons. The van der Waals surface area contributed by atoms with Gasteiger partial charge in [-0.1, -0.05) is 19.9 Å². The molecule has 12 heavy (non-hydrogen) atoms. The van der Waals surface area contributed by atoms with Crippen molar-refractivity contribution >= 4 is 11.8 Å². The Morgan fingerprint density at radius 3 is 2.33 bits per heavy atom. The van der Waals surface area contributed by atoms with Crippen LogP contribution in [0, 0.1) is 6.92 Å². The van der Waals surface area contributed by atoms with Crippen LogP contribution in [0.4, 0.5) is 0 Å². The maximum Gasteiger partial charge on any atom is 0.00746 e. The van der Waals surface area contributed by atoms with E-state index in [-0.39, 0.29) is 0 Å². The van der Waals surface area contributed by atoms with Crippen LogP contribution in [0.5, 0.6) is 0 Å². The Kier molecular flexibility index (Phi) is 3.21. The van der Waals surface area contributed by atoms with Crippen molar-refractivity contribution in [2.75, 3.05) is 6.26 Å². The van der Waals surface area contributed by atoms with Crippen LogP contribution in [0.25, 0.3) is 0 Å². The monoisotopic (exact) mass is 180 g/mol. The van der Waals surface area contributed by atoms with E-state index in [0.29, 0.717) is 5.92 Å². The predicted octanol–water partition coefficient (Wildman–Crippen LogP) is 3.84. The SMILES string of the molecule is CSc1cc(C)cc(C(C)C)c1. The third-order valence-electron chi connectivity index (χ3n) is 1.98. The van der Waals surface area contributed by atoms with Crippen LogP contribution in [0.3, 0.4) is 0 Å². The van der Waals surface area contributed by atoms with Crippen molar-refractivity contribution in [3.63, 3.8) is 0 Å². The fourth-order valence-electron chi connectivity index (χ4n) is 1.23. The summed E-state index contributed by atoms with van der Waals surface area (Å²) in [6, 6.07) is 6.78. The van der Waals surface area contributed by atoms with Gasteiger partial charge in [-0.15, -0.1) is 11.8 Å². The van der Waals surface area contributed by atoms with E-state index < -0.39 is 0 Å². The van der Waals surface area contributed by atoms with Crippen molar-refractivity contribution in [2.24, 2.45) is 0 Å². The molecule has 0 heterocycles. The topological polar surface area (TPSA) is 0 Å². The molecular formula is C11H16S. The molecule has 66 valence electrons. The Morgan fingerprint density at radius 2 is 1.83 bits per heavy atom. The summed E-state index contributed by atoms with van der Waals surface area (Å²) in [5.74, 6) is 0.635. The minimum atomic E-state index is 0.635. The highest BCUT2D eigenvalue weighted by atomic mass is 32.2. The van der Waals surface area contributed by atoms with Crippen molar-refractivity contribution in [3.05, 3.63) is 29.3 Å². The molecule has 0 unspecified atom stereocenters. The summed E-state index contributed by atoms with van der Waals surface area (Å²) in [5.41, 5.74) is 2.81. The first-order valence-electron chi connectivity index (χ1n) is 4.29. The summed E-state index contributed by atoms with van der Waals surface area (Å²) in [6.45, 7) is 6.63. The number of thioether (sulfide) groups is 1. The number of aryl methyl sites for hydroxylation is 1. The second kappa shape index (κ2) is 3.99. The van der Waals surface area contributed by atoms with E-state index >= 15 is 0 Å². The molecule has 0 fully saturated rings. The molecule has 1 rings (SSSR count). The Bertz CT molecular complexity index is 264. The van der Waals surface area contributed by atoms with Crippen molar-refractivity contribution in [3.8, 4) is 0 Å². The van der Waals surface area contributed by atoms with Gasteiger partial charge in [-0.25, -0.2) is 0 Å². The van der Waals surface area contributed by atoms with Crippen molar-refractivity contribution in [1.29, 1.82) is 0 Å². The Labute approximate surface area is 79.4 Å². The zero-order chi connectivity index (χ0) is 9.14. The average molecular weight is 180 g/mol. The molecule has 0 aliphatic carbocycles. The van der Waals surface area contributed by atoms with Gasteiger partial charge >= 0.3 is 0 Å². The van der Waals surface area contributed by atoms with Gasteiger partial charge in [0.2, 0.25) is 0 Å². The lowest BCUT2D eigenvalue weighted by molar-refractivity contribution is 0.860. The molecule has 0 aromatic heterocycles. The Balaban J connectivity index is 3.06. The van der Waals surface area contributed by atoms with Gasteiger partial charge in [-0.2, -0.15) is 0 Å². The van der Waals surface area contributed by atoms with E-state index in [2.05, 4.69) is 45.2 Å². The molecule has 0 aliphatic rings. The molecule has 0 amide bonds. The summed E-state index contributed by atoms with van der Waals surface area (Å²) in [7, 11) is 0. The van der Waals surface area contributed by atoms with E-state index in [4.69, 9.17) is 0 Å². The van der Waals surface area contributed by atoms with Crippen LogP contribution in [0.15, 0.2) is 23.1 Å². The first-order valence-corrected chi connectivity index (χ1v) is 5.51. The molecule has 0 bridgehead atoms. The Morgan fingerprint density at radius 1 is 1.17 bits per heavy atom. The smallest absolute Gasteiger partial charge is 0.00746 e. The summed E-state index contributed by atoms with van der Waals surface area (Å²) < 4.78 is 0. The lowest BCUT2D eigenvalue weighted by atomic mass is 10.0. The molecule has 0 aliphatic heterocycles. The van der Waals surface area contributed by atoms with Gasteiger partial charge in [0.15, 0.2) is 0 Å².